The minimum atomic E-state index is -0.106. The maximum absolute atomic E-state index is 12.4. The van der Waals surface area contributed by atoms with E-state index in [1.807, 2.05) is 6.92 Å². The number of rotatable bonds is 36. The second kappa shape index (κ2) is 41.1. The molecule has 0 aliphatic carbocycles. The third kappa shape index (κ3) is 37.9. The Morgan fingerprint density at radius 1 is 0.373 bits per heavy atom. The summed E-state index contributed by atoms with van der Waals surface area (Å²) in [4.78, 5) is 35.9. The number of hydrogen-bond acceptors (Lipinski definition) is 7. The molecule has 51 heavy (non-hydrogen) atoms. The van der Waals surface area contributed by atoms with Gasteiger partial charge in [0.15, 0.2) is 0 Å². The molecule has 0 bridgehead atoms. The van der Waals surface area contributed by atoms with Crippen LogP contribution in [0.15, 0.2) is 0 Å². The van der Waals surface area contributed by atoms with Gasteiger partial charge in [-0.3, -0.25) is 14.4 Å². The monoisotopic (exact) mass is 726 g/mol. The number of esters is 3. The highest BCUT2D eigenvalue weighted by Crippen LogP contribution is 2.19. The molecule has 0 spiro atoms. The van der Waals surface area contributed by atoms with Crippen molar-refractivity contribution in [3.8, 4) is 0 Å². The number of carbonyl (C=O) groups excluding carboxylic acids is 3. The molecule has 0 aliphatic heterocycles. The molecule has 7 heteroatoms. The fraction of sp³-hybridized carbons (Fsp3) is 0.932. The molecular weight excluding hydrogens is 638 g/mol. The smallest absolute Gasteiger partial charge is 0.306 e. The molecule has 0 saturated heterocycles. The minimum absolute atomic E-state index is 0.00356. The first-order valence-corrected chi connectivity index (χ1v) is 22.1. The van der Waals surface area contributed by atoms with Crippen molar-refractivity contribution in [2.24, 2.45) is 5.73 Å². The van der Waals surface area contributed by atoms with Crippen LogP contribution in [0.2, 0.25) is 0 Å². The van der Waals surface area contributed by atoms with E-state index >= 15 is 0 Å². The normalized spacial score (nSPS) is 11.7. The van der Waals surface area contributed by atoms with Crippen LogP contribution in [0.5, 0.6) is 0 Å². The Balaban J connectivity index is 0. The van der Waals surface area contributed by atoms with E-state index in [1.165, 1.54) is 77.0 Å². The summed E-state index contributed by atoms with van der Waals surface area (Å²) in [5.74, 6) is -0.119. The van der Waals surface area contributed by atoms with Gasteiger partial charge in [-0.2, -0.15) is 0 Å². The quantitative estimate of drug-likeness (QED) is 0.0389. The van der Waals surface area contributed by atoms with Crippen LogP contribution in [-0.2, 0) is 28.6 Å². The van der Waals surface area contributed by atoms with Crippen molar-refractivity contribution in [3.63, 3.8) is 0 Å². The molecule has 7 nitrogen and oxygen atoms in total. The molecule has 0 heterocycles. The van der Waals surface area contributed by atoms with E-state index in [0.29, 0.717) is 25.8 Å². The lowest BCUT2D eigenvalue weighted by molar-refractivity contribution is -0.151. The zero-order valence-electron chi connectivity index (χ0n) is 34.9. The van der Waals surface area contributed by atoms with Gasteiger partial charge in [0.1, 0.15) is 18.3 Å². The molecular formula is C44H87NO6. The van der Waals surface area contributed by atoms with Gasteiger partial charge < -0.3 is 19.9 Å². The van der Waals surface area contributed by atoms with Gasteiger partial charge in [0.05, 0.1) is 0 Å². The van der Waals surface area contributed by atoms with Crippen LogP contribution >= 0.6 is 0 Å². The molecule has 0 aromatic heterocycles. The Morgan fingerprint density at radius 3 is 1.04 bits per heavy atom. The maximum atomic E-state index is 12.4. The van der Waals surface area contributed by atoms with Crippen molar-refractivity contribution < 1.29 is 28.6 Å². The van der Waals surface area contributed by atoms with Crippen LogP contribution in [0.25, 0.3) is 0 Å². The predicted octanol–water partition coefficient (Wildman–Crippen LogP) is 12.9. The first-order chi connectivity index (χ1) is 24.8. The van der Waals surface area contributed by atoms with Crippen LogP contribution in [0, 0.1) is 0 Å². The summed E-state index contributed by atoms with van der Waals surface area (Å²) in [5, 5.41) is 0. The summed E-state index contributed by atoms with van der Waals surface area (Å²) < 4.78 is 17.0. The fourth-order valence-electron chi connectivity index (χ4n) is 6.26. The van der Waals surface area contributed by atoms with Gasteiger partial charge in [0.2, 0.25) is 0 Å². The highest BCUT2D eigenvalue weighted by molar-refractivity contribution is 5.70. The van der Waals surface area contributed by atoms with Gasteiger partial charge >= 0.3 is 17.9 Å². The highest BCUT2D eigenvalue weighted by Gasteiger charge is 2.16. The lowest BCUT2D eigenvalue weighted by Crippen LogP contribution is -2.18. The van der Waals surface area contributed by atoms with E-state index in [2.05, 4.69) is 34.6 Å². The predicted molar refractivity (Wildman–Crippen MR) is 216 cm³/mol. The summed E-state index contributed by atoms with van der Waals surface area (Å²) in [6.45, 7) is 13.6. The molecule has 1 unspecified atom stereocenters. The number of nitrogens with two attached hydrogens (primary N) is 1. The average molecular weight is 726 g/mol. The second-order valence-electron chi connectivity index (χ2n) is 14.7. The van der Waals surface area contributed by atoms with E-state index in [9.17, 15) is 14.4 Å². The van der Waals surface area contributed by atoms with Gasteiger partial charge in [-0.05, 0) is 90.0 Å². The number of hydrogen-bond donors (Lipinski definition) is 1. The second-order valence-corrected chi connectivity index (χ2v) is 14.7. The molecule has 0 aromatic rings. The third-order valence-electron chi connectivity index (χ3n) is 9.58. The van der Waals surface area contributed by atoms with Gasteiger partial charge in [0, 0.05) is 19.3 Å². The van der Waals surface area contributed by atoms with Crippen LogP contribution in [0.3, 0.4) is 0 Å². The number of ether oxygens (including phenoxy) is 3. The molecule has 1 atom stereocenters. The summed E-state index contributed by atoms with van der Waals surface area (Å²) in [6.07, 6.45) is 32.9. The van der Waals surface area contributed by atoms with Gasteiger partial charge in [-0.15, -0.1) is 0 Å². The molecule has 0 aliphatic rings. The molecule has 0 rings (SSSR count). The van der Waals surface area contributed by atoms with E-state index in [1.54, 1.807) is 0 Å². The van der Waals surface area contributed by atoms with Crippen LogP contribution in [0.1, 0.15) is 241 Å². The zero-order valence-corrected chi connectivity index (χ0v) is 34.9. The standard InChI is InChI=1S/C34H66O4.C10H21NO2/c1-5-9-13-21-27-32(28-22-14-10-6-2)38-34(36)30-24-18-16-15-17-23-29-33(35)37-31(25-19-11-7-3)26-20-12-8-4;1-3-6-9(4-2)13-10(12)7-5-8-11/h31-32H,5-30H2,1-4H3;9H,3-8,11H2,1-2H3. The highest BCUT2D eigenvalue weighted by atomic mass is 16.6. The summed E-state index contributed by atoms with van der Waals surface area (Å²) in [7, 11) is 0. The summed E-state index contributed by atoms with van der Waals surface area (Å²) in [5.41, 5.74) is 5.29. The van der Waals surface area contributed by atoms with Crippen molar-refractivity contribution in [3.05, 3.63) is 0 Å². The van der Waals surface area contributed by atoms with E-state index in [4.69, 9.17) is 19.9 Å². The molecule has 0 fully saturated rings. The molecule has 0 aromatic carbocycles. The van der Waals surface area contributed by atoms with Gasteiger partial charge in [0.25, 0.3) is 0 Å². The lowest BCUT2D eigenvalue weighted by Gasteiger charge is -2.18. The lowest BCUT2D eigenvalue weighted by atomic mass is 10.0. The van der Waals surface area contributed by atoms with Gasteiger partial charge in [-0.25, -0.2) is 0 Å². The zero-order chi connectivity index (χ0) is 38.2. The number of carbonyl (C=O) groups is 3. The maximum Gasteiger partial charge on any atom is 0.306 e. The first kappa shape index (κ1) is 51.5. The third-order valence-corrected chi connectivity index (χ3v) is 9.58. The molecule has 0 saturated carbocycles. The van der Waals surface area contributed by atoms with Crippen molar-refractivity contribution in [2.75, 3.05) is 6.54 Å². The molecule has 0 radical (unpaired) electrons. The van der Waals surface area contributed by atoms with Crippen molar-refractivity contribution >= 4 is 17.9 Å². The largest absolute Gasteiger partial charge is 0.462 e. The Morgan fingerprint density at radius 2 is 0.686 bits per heavy atom. The van der Waals surface area contributed by atoms with Crippen molar-refractivity contribution in [1.82, 2.24) is 0 Å². The first-order valence-electron chi connectivity index (χ1n) is 22.1. The Kier molecular flexibility index (Phi) is 41.5. The van der Waals surface area contributed by atoms with E-state index in [-0.39, 0.29) is 36.2 Å². The van der Waals surface area contributed by atoms with Gasteiger partial charge in [-0.1, -0.05) is 138 Å². The van der Waals surface area contributed by atoms with Crippen LogP contribution in [-0.4, -0.2) is 42.8 Å². The minimum Gasteiger partial charge on any atom is -0.462 e. The average Bonchev–Trinajstić information content (AvgIpc) is 3.12. The van der Waals surface area contributed by atoms with E-state index < -0.39 is 0 Å². The van der Waals surface area contributed by atoms with Crippen molar-refractivity contribution in [1.29, 1.82) is 0 Å². The van der Waals surface area contributed by atoms with Crippen LogP contribution in [0.4, 0.5) is 0 Å². The number of unbranched alkanes of at least 4 members (excludes halogenated alkanes) is 15. The Labute approximate surface area is 317 Å². The fourth-order valence-corrected chi connectivity index (χ4v) is 6.26. The molecule has 304 valence electrons. The van der Waals surface area contributed by atoms with Crippen LogP contribution < -0.4 is 5.73 Å². The topological polar surface area (TPSA) is 105 Å². The molecule has 2 N–H and O–H groups in total. The van der Waals surface area contributed by atoms with E-state index in [0.717, 1.165) is 103 Å². The summed E-state index contributed by atoms with van der Waals surface area (Å²) >= 11 is 0. The Hall–Kier alpha value is -1.63. The SMILES string of the molecule is CCCC(CC)OC(=O)CCCN.CCCCCCC(CCCCCC)OC(=O)CCCCCCCCC(=O)OC(CCCCC)CCCCC. The Bertz CT molecular complexity index is 738. The molecule has 0 amide bonds. The summed E-state index contributed by atoms with van der Waals surface area (Å²) in [6, 6.07) is 0. The van der Waals surface area contributed by atoms with Crippen molar-refractivity contribution in [2.45, 2.75) is 259 Å².